The average molecular weight is 165 g/mol. The first-order chi connectivity index (χ1) is 5.74. The summed E-state index contributed by atoms with van der Waals surface area (Å²) in [5.74, 6) is 2.15. The molecule has 0 fully saturated rings. The number of hydrogen-bond acceptors (Lipinski definition) is 3. The summed E-state index contributed by atoms with van der Waals surface area (Å²) in [6.07, 6.45) is 5.11. The molecule has 4 nitrogen and oxygen atoms in total. The van der Waals surface area contributed by atoms with Crippen LogP contribution in [0.1, 0.15) is 6.42 Å². The lowest BCUT2D eigenvalue weighted by atomic mass is 10.2. The normalized spacial score (nSPS) is 10.9. The van der Waals surface area contributed by atoms with Crippen molar-refractivity contribution in [3.8, 4) is 18.4 Å². The van der Waals surface area contributed by atoms with E-state index in [1.54, 1.807) is 0 Å². The summed E-state index contributed by atoms with van der Waals surface area (Å²) in [4.78, 5) is 10.8. The minimum absolute atomic E-state index is 0.134. The minimum atomic E-state index is -0.499. The van der Waals surface area contributed by atoms with E-state index in [9.17, 15) is 4.79 Å². The number of nitrogens with zero attached hydrogens (tertiary/aromatic N) is 1. The van der Waals surface area contributed by atoms with Crippen LogP contribution >= 0.6 is 0 Å². The Morgan fingerprint density at radius 3 is 2.83 bits per heavy atom. The van der Waals surface area contributed by atoms with Crippen molar-refractivity contribution in [3.05, 3.63) is 0 Å². The molecular weight excluding hydrogens is 154 g/mol. The van der Waals surface area contributed by atoms with Crippen LogP contribution in [0.4, 0.5) is 0 Å². The van der Waals surface area contributed by atoms with Gasteiger partial charge in [0, 0.05) is 7.05 Å². The third-order valence-electron chi connectivity index (χ3n) is 1.27. The van der Waals surface area contributed by atoms with Gasteiger partial charge in [0.2, 0.25) is 5.91 Å². The maximum Gasteiger partial charge on any atom is 0.222 e. The Morgan fingerprint density at radius 1 is 1.75 bits per heavy atom. The fraction of sp³-hybridized carbons (Fsp3) is 0.500. The molecular formula is C8H11N3O. The summed E-state index contributed by atoms with van der Waals surface area (Å²) < 4.78 is 0. The molecule has 1 atom stereocenters. The smallest absolute Gasteiger partial charge is 0.222 e. The van der Waals surface area contributed by atoms with E-state index < -0.39 is 6.04 Å². The quantitative estimate of drug-likeness (QED) is 0.538. The highest BCUT2D eigenvalue weighted by molar-refractivity contribution is 5.76. The minimum Gasteiger partial charge on any atom is -0.359 e. The molecule has 0 aliphatic carbocycles. The molecule has 0 aliphatic heterocycles. The van der Waals surface area contributed by atoms with E-state index in [-0.39, 0.29) is 12.3 Å². The molecule has 0 aromatic heterocycles. The Kier molecular flexibility index (Phi) is 5.42. The van der Waals surface area contributed by atoms with Gasteiger partial charge in [-0.3, -0.25) is 10.1 Å². The third-order valence-corrected chi connectivity index (χ3v) is 1.27. The van der Waals surface area contributed by atoms with Crippen LogP contribution in [0.3, 0.4) is 0 Å². The number of hydrogen-bond donors (Lipinski definition) is 2. The molecule has 0 aliphatic rings. The number of nitriles is 1. The van der Waals surface area contributed by atoms with Gasteiger partial charge in [-0.2, -0.15) is 5.26 Å². The van der Waals surface area contributed by atoms with Crippen molar-refractivity contribution in [1.82, 2.24) is 10.6 Å². The summed E-state index contributed by atoms with van der Waals surface area (Å²) in [6, 6.07) is 1.44. The number of amides is 1. The van der Waals surface area contributed by atoms with Crippen molar-refractivity contribution in [1.29, 1.82) is 5.26 Å². The molecule has 1 unspecified atom stereocenters. The van der Waals surface area contributed by atoms with Gasteiger partial charge in [0.05, 0.1) is 19.0 Å². The zero-order valence-electron chi connectivity index (χ0n) is 6.92. The predicted molar refractivity (Wildman–Crippen MR) is 44.9 cm³/mol. The number of terminal acetylenes is 1. The van der Waals surface area contributed by atoms with Crippen LogP contribution in [0.15, 0.2) is 0 Å². The van der Waals surface area contributed by atoms with Crippen LogP contribution in [0.5, 0.6) is 0 Å². The lowest BCUT2D eigenvalue weighted by molar-refractivity contribution is -0.120. The van der Waals surface area contributed by atoms with Crippen LogP contribution in [0.2, 0.25) is 0 Å². The van der Waals surface area contributed by atoms with E-state index in [0.29, 0.717) is 6.54 Å². The van der Waals surface area contributed by atoms with Crippen molar-refractivity contribution in [2.24, 2.45) is 0 Å². The fourth-order valence-electron chi connectivity index (χ4n) is 0.633. The molecule has 0 aromatic carbocycles. The Hall–Kier alpha value is -1.52. The van der Waals surface area contributed by atoms with Crippen molar-refractivity contribution < 1.29 is 4.79 Å². The Balaban J connectivity index is 3.78. The predicted octanol–water partition coefficient (Wildman–Crippen LogP) is -0.763. The monoisotopic (exact) mass is 165 g/mol. The molecule has 12 heavy (non-hydrogen) atoms. The summed E-state index contributed by atoms with van der Waals surface area (Å²) in [5.41, 5.74) is 0. The Labute approximate surface area is 71.9 Å². The molecule has 4 heteroatoms. The second kappa shape index (κ2) is 6.21. The number of rotatable bonds is 4. The lowest BCUT2D eigenvalue weighted by Gasteiger charge is -2.06. The first kappa shape index (κ1) is 10.5. The highest BCUT2D eigenvalue weighted by Crippen LogP contribution is 1.88. The number of carbonyl (C=O) groups excluding carboxylic acids is 1. The van der Waals surface area contributed by atoms with Gasteiger partial charge in [-0.05, 0) is 0 Å². The molecule has 0 saturated carbocycles. The highest BCUT2D eigenvalue weighted by Gasteiger charge is 2.09. The zero-order valence-corrected chi connectivity index (χ0v) is 6.92. The first-order valence-electron chi connectivity index (χ1n) is 3.51. The van der Waals surface area contributed by atoms with Crippen LogP contribution in [0, 0.1) is 23.7 Å². The summed E-state index contributed by atoms with van der Waals surface area (Å²) in [6.45, 7) is 0.301. The Bertz CT molecular complexity index is 223. The molecule has 0 aromatic rings. The average Bonchev–Trinajstić information content (AvgIpc) is 2.11. The SMILES string of the molecule is C#CCNC(C#N)CC(=O)NC. The molecule has 0 rings (SSSR count). The van der Waals surface area contributed by atoms with E-state index in [0.717, 1.165) is 0 Å². The van der Waals surface area contributed by atoms with E-state index in [1.165, 1.54) is 7.05 Å². The molecule has 1 amide bonds. The van der Waals surface area contributed by atoms with E-state index in [2.05, 4.69) is 16.6 Å². The second-order valence-electron chi connectivity index (χ2n) is 2.14. The van der Waals surface area contributed by atoms with Crippen LogP contribution in [-0.2, 0) is 4.79 Å². The van der Waals surface area contributed by atoms with Crippen molar-refractivity contribution in [3.63, 3.8) is 0 Å². The molecule has 64 valence electrons. The highest BCUT2D eigenvalue weighted by atomic mass is 16.1. The van der Waals surface area contributed by atoms with E-state index >= 15 is 0 Å². The molecule has 0 saturated heterocycles. The summed E-state index contributed by atoms with van der Waals surface area (Å²) in [7, 11) is 1.53. The van der Waals surface area contributed by atoms with E-state index in [1.807, 2.05) is 6.07 Å². The zero-order chi connectivity index (χ0) is 9.40. The molecule has 0 spiro atoms. The maximum atomic E-state index is 10.8. The van der Waals surface area contributed by atoms with Crippen molar-refractivity contribution in [2.45, 2.75) is 12.5 Å². The third kappa shape index (κ3) is 4.32. The van der Waals surface area contributed by atoms with Gasteiger partial charge in [0.25, 0.3) is 0 Å². The van der Waals surface area contributed by atoms with Gasteiger partial charge < -0.3 is 5.32 Å². The summed E-state index contributed by atoms with van der Waals surface area (Å²) in [5, 5.41) is 13.7. The number of nitrogens with one attached hydrogen (secondary N) is 2. The van der Waals surface area contributed by atoms with Crippen molar-refractivity contribution >= 4 is 5.91 Å². The van der Waals surface area contributed by atoms with Gasteiger partial charge in [0.15, 0.2) is 0 Å². The Morgan fingerprint density at radius 2 is 2.42 bits per heavy atom. The molecule has 2 N–H and O–H groups in total. The van der Waals surface area contributed by atoms with Gasteiger partial charge >= 0.3 is 0 Å². The van der Waals surface area contributed by atoms with Crippen LogP contribution < -0.4 is 10.6 Å². The van der Waals surface area contributed by atoms with Crippen LogP contribution in [0.25, 0.3) is 0 Å². The largest absolute Gasteiger partial charge is 0.359 e. The standard InChI is InChI=1S/C8H11N3O/c1-3-4-11-7(6-9)5-8(12)10-2/h1,7,11H,4-5H2,2H3,(H,10,12). The topological polar surface area (TPSA) is 64.9 Å². The second-order valence-corrected chi connectivity index (χ2v) is 2.14. The fourth-order valence-corrected chi connectivity index (χ4v) is 0.633. The molecule has 0 radical (unpaired) electrons. The van der Waals surface area contributed by atoms with Gasteiger partial charge in [-0.25, -0.2) is 0 Å². The maximum absolute atomic E-state index is 10.8. The first-order valence-corrected chi connectivity index (χ1v) is 3.51. The molecule has 0 heterocycles. The van der Waals surface area contributed by atoms with Crippen molar-refractivity contribution in [2.75, 3.05) is 13.6 Å². The van der Waals surface area contributed by atoms with Gasteiger partial charge in [-0.15, -0.1) is 6.42 Å². The summed E-state index contributed by atoms with van der Waals surface area (Å²) >= 11 is 0. The lowest BCUT2D eigenvalue weighted by Crippen LogP contribution is -2.33. The van der Waals surface area contributed by atoms with Gasteiger partial charge in [-0.1, -0.05) is 5.92 Å². The molecule has 0 bridgehead atoms. The van der Waals surface area contributed by atoms with Crippen LogP contribution in [-0.4, -0.2) is 25.5 Å². The van der Waals surface area contributed by atoms with Gasteiger partial charge in [0.1, 0.15) is 6.04 Å². The number of carbonyl (C=O) groups is 1. The van der Waals surface area contributed by atoms with E-state index in [4.69, 9.17) is 11.7 Å².